The summed E-state index contributed by atoms with van der Waals surface area (Å²) in [5.41, 5.74) is 0. The molecule has 94 valence electrons. The van der Waals surface area contributed by atoms with Gasteiger partial charge in [0.2, 0.25) is 0 Å². The lowest BCUT2D eigenvalue weighted by Gasteiger charge is -2.14. The van der Waals surface area contributed by atoms with Crippen LogP contribution >= 0.6 is 7.60 Å². The Morgan fingerprint density at radius 3 is 2.31 bits per heavy atom. The molecule has 0 rings (SSSR count). The highest BCUT2D eigenvalue weighted by Crippen LogP contribution is 2.51. The second-order valence-corrected chi connectivity index (χ2v) is 5.24. The number of hydrogen-bond acceptors (Lipinski definition) is 4. The first-order valence-electron chi connectivity index (χ1n) is 5.22. The number of carbonyl (C=O) groups is 1. The zero-order valence-corrected chi connectivity index (χ0v) is 11.0. The number of rotatable bonds is 6. The smallest absolute Gasteiger partial charge is 0.365 e. The van der Waals surface area contributed by atoms with Crippen LogP contribution in [-0.4, -0.2) is 24.1 Å². The van der Waals surface area contributed by atoms with Crippen molar-refractivity contribution in [1.29, 1.82) is 0 Å². The van der Waals surface area contributed by atoms with Crippen LogP contribution in [0, 0.1) is 5.92 Å². The van der Waals surface area contributed by atoms with E-state index in [0.717, 1.165) is 0 Å². The lowest BCUT2D eigenvalue weighted by molar-refractivity contribution is -0.137. The Labute approximate surface area is 96.0 Å². The van der Waals surface area contributed by atoms with Crippen molar-refractivity contribution in [3.05, 3.63) is 11.4 Å². The number of carbonyl (C=O) groups excluding carboxylic acids is 1. The molecule has 0 amide bonds. The molecule has 1 N–H and O–H groups in total. The van der Waals surface area contributed by atoms with Gasteiger partial charge in [-0.05, 0) is 19.8 Å². The molecule has 0 aromatic rings. The molecule has 0 radical (unpaired) electrons. The van der Waals surface area contributed by atoms with Crippen LogP contribution in [0.25, 0.3) is 0 Å². The van der Waals surface area contributed by atoms with Gasteiger partial charge in [-0.3, -0.25) is 4.57 Å². The van der Waals surface area contributed by atoms with Crippen molar-refractivity contribution >= 4 is 13.6 Å². The summed E-state index contributed by atoms with van der Waals surface area (Å²) in [4.78, 5) is 21.1. The third-order valence-electron chi connectivity index (χ3n) is 1.58. The molecule has 1 atom stereocenters. The minimum absolute atomic E-state index is 0.0414. The minimum Gasteiger partial charge on any atom is -0.462 e. The topological polar surface area (TPSA) is 72.8 Å². The van der Waals surface area contributed by atoms with Crippen LogP contribution < -0.4 is 0 Å². The standard InChI is InChI=1S/C10H19O5P/c1-5-14-10(11)9(7-8(3)4)16(12,13)15-6-2/h7-8H,5-6H2,1-4H3,(H,12,13). The van der Waals surface area contributed by atoms with Crippen LogP contribution in [0.1, 0.15) is 27.7 Å². The highest BCUT2D eigenvalue weighted by Gasteiger charge is 2.32. The molecule has 0 heterocycles. The molecule has 0 aliphatic heterocycles. The van der Waals surface area contributed by atoms with Crippen molar-refractivity contribution in [3.8, 4) is 0 Å². The Morgan fingerprint density at radius 2 is 1.94 bits per heavy atom. The molecule has 0 saturated carbocycles. The first-order valence-corrected chi connectivity index (χ1v) is 6.79. The summed E-state index contributed by atoms with van der Waals surface area (Å²) in [7, 11) is -4.06. The van der Waals surface area contributed by atoms with Gasteiger partial charge in [0.25, 0.3) is 0 Å². The van der Waals surface area contributed by atoms with Gasteiger partial charge in [0.1, 0.15) is 5.31 Å². The fraction of sp³-hybridized carbons (Fsp3) is 0.700. The summed E-state index contributed by atoms with van der Waals surface area (Å²) in [6.07, 6.45) is 1.40. The number of esters is 1. The van der Waals surface area contributed by atoms with Crippen LogP contribution in [0.5, 0.6) is 0 Å². The second kappa shape index (κ2) is 6.84. The van der Waals surface area contributed by atoms with E-state index in [1.807, 2.05) is 0 Å². The molecule has 0 bridgehead atoms. The average molecular weight is 250 g/mol. The zero-order valence-electron chi connectivity index (χ0n) is 10.1. The van der Waals surface area contributed by atoms with Gasteiger partial charge in [0, 0.05) is 0 Å². The first kappa shape index (κ1) is 15.4. The molecule has 0 spiro atoms. The summed E-state index contributed by atoms with van der Waals surface area (Å²) in [6, 6.07) is 0. The monoisotopic (exact) mass is 250 g/mol. The quantitative estimate of drug-likeness (QED) is 0.445. The molecule has 6 heteroatoms. The Balaban J connectivity index is 5.10. The van der Waals surface area contributed by atoms with E-state index in [9.17, 15) is 14.3 Å². The Kier molecular flexibility index (Phi) is 6.56. The normalized spacial score (nSPS) is 16.0. The van der Waals surface area contributed by atoms with Crippen LogP contribution in [-0.2, 0) is 18.6 Å². The highest BCUT2D eigenvalue weighted by molar-refractivity contribution is 7.58. The maximum atomic E-state index is 11.7. The molecule has 0 aromatic carbocycles. The van der Waals surface area contributed by atoms with Gasteiger partial charge in [0.05, 0.1) is 13.2 Å². The minimum atomic E-state index is -4.06. The van der Waals surface area contributed by atoms with Gasteiger partial charge in [-0.2, -0.15) is 0 Å². The number of hydrogen-bond donors (Lipinski definition) is 1. The van der Waals surface area contributed by atoms with Crippen molar-refractivity contribution in [3.63, 3.8) is 0 Å². The second-order valence-electron chi connectivity index (χ2n) is 3.45. The van der Waals surface area contributed by atoms with Gasteiger partial charge >= 0.3 is 13.6 Å². The van der Waals surface area contributed by atoms with Crippen molar-refractivity contribution in [2.45, 2.75) is 27.7 Å². The summed E-state index contributed by atoms with van der Waals surface area (Å²) in [5.74, 6) is -0.837. The fourth-order valence-corrected chi connectivity index (χ4v) is 2.31. The molecule has 5 nitrogen and oxygen atoms in total. The summed E-state index contributed by atoms with van der Waals surface area (Å²) in [6.45, 7) is 7.02. The molecule has 0 aliphatic rings. The van der Waals surface area contributed by atoms with Gasteiger partial charge in [-0.1, -0.05) is 19.9 Å². The van der Waals surface area contributed by atoms with Gasteiger partial charge < -0.3 is 14.2 Å². The lowest BCUT2D eigenvalue weighted by atomic mass is 10.2. The molecule has 0 aromatic heterocycles. The van der Waals surface area contributed by atoms with Crippen molar-refractivity contribution < 1.29 is 23.5 Å². The third kappa shape index (κ3) is 4.92. The predicted molar refractivity (Wildman–Crippen MR) is 61.0 cm³/mol. The maximum absolute atomic E-state index is 11.7. The van der Waals surface area contributed by atoms with Crippen LogP contribution in [0.3, 0.4) is 0 Å². The van der Waals surface area contributed by atoms with Gasteiger partial charge in [-0.15, -0.1) is 0 Å². The highest BCUT2D eigenvalue weighted by atomic mass is 31.2. The molecule has 16 heavy (non-hydrogen) atoms. The SMILES string of the molecule is CCOC(=O)C(=CC(C)C)P(=O)(O)OCC. The van der Waals surface area contributed by atoms with E-state index in [2.05, 4.69) is 0 Å². The van der Waals surface area contributed by atoms with E-state index in [-0.39, 0.29) is 24.4 Å². The third-order valence-corrected chi connectivity index (χ3v) is 3.13. The molecule has 1 unspecified atom stereocenters. The van der Waals surface area contributed by atoms with E-state index < -0.39 is 13.6 Å². The van der Waals surface area contributed by atoms with E-state index >= 15 is 0 Å². The Morgan fingerprint density at radius 1 is 1.38 bits per heavy atom. The largest absolute Gasteiger partial charge is 0.462 e. The first-order chi connectivity index (χ1) is 7.35. The molecular weight excluding hydrogens is 231 g/mol. The van der Waals surface area contributed by atoms with Gasteiger partial charge in [-0.25, -0.2) is 4.79 Å². The zero-order chi connectivity index (χ0) is 12.8. The van der Waals surface area contributed by atoms with E-state index in [1.165, 1.54) is 6.08 Å². The summed E-state index contributed by atoms with van der Waals surface area (Å²) >= 11 is 0. The van der Waals surface area contributed by atoms with E-state index in [4.69, 9.17) is 9.26 Å². The molecule has 0 fully saturated rings. The van der Waals surface area contributed by atoms with E-state index in [0.29, 0.717) is 0 Å². The predicted octanol–water partition coefficient (Wildman–Crippen LogP) is 2.31. The lowest BCUT2D eigenvalue weighted by Crippen LogP contribution is -2.10. The Hall–Kier alpha value is -0.640. The van der Waals surface area contributed by atoms with E-state index in [1.54, 1.807) is 27.7 Å². The summed E-state index contributed by atoms with van der Waals surface area (Å²) < 4.78 is 21.2. The van der Waals surface area contributed by atoms with Crippen LogP contribution in [0.4, 0.5) is 0 Å². The summed E-state index contributed by atoms with van der Waals surface area (Å²) in [5, 5.41) is -0.286. The maximum Gasteiger partial charge on any atom is 0.365 e. The van der Waals surface area contributed by atoms with Crippen LogP contribution in [0.2, 0.25) is 0 Å². The molecule has 0 saturated heterocycles. The van der Waals surface area contributed by atoms with Crippen molar-refractivity contribution in [2.75, 3.05) is 13.2 Å². The molecular formula is C10H19O5P. The number of ether oxygens (including phenoxy) is 1. The van der Waals surface area contributed by atoms with Crippen LogP contribution in [0.15, 0.2) is 11.4 Å². The van der Waals surface area contributed by atoms with Crippen molar-refractivity contribution in [2.24, 2.45) is 5.92 Å². The fourth-order valence-electron chi connectivity index (χ4n) is 1.04. The number of allylic oxidation sites excluding steroid dienone is 1. The average Bonchev–Trinajstić information content (AvgIpc) is 2.13. The molecule has 0 aliphatic carbocycles. The van der Waals surface area contributed by atoms with Crippen molar-refractivity contribution in [1.82, 2.24) is 0 Å². The van der Waals surface area contributed by atoms with Gasteiger partial charge in [0.15, 0.2) is 0 Å². The Bertz CT molecular complexity index is 308.